The molecule has 0 aromatic carbocycles. The standard InChI is InChI=1S/C9H16N2O3/c1-10-14-8-3-5-11(6-4-8)7-9(12)13-2/h8H,1,3-7H2,2H3. The van der Waals surface area contributed by atoms with Crippen LogP contribution in [0.15, 0.2) is 5.16 Å². The Bertz CT molecular complexity index is 200. The molecule has 1 rings (SSSR count). The van der Waals surface area contributed by atoms with Gasteiger partial charge < -0.3 is 9.57 Å². The fourth-order valence-corrected chi connectivity index (χ4v) is 1.53. The summed E-state index contributed by atoms with van der Waals surface area (Å²) < 4.78 is 4.59. The maximum Gasteiger partial charge on any atom is 0.319 e. The van der Waals surface area contributed by atoms with Crippen molar-refractivity contribution >= 4 is 12.7 Å². The maximum absolute atomic E-state index is 11.0. The van der Waals surface area contributed by atoms with Crippen molar-refractivity contribution in [2.45, 2.75) is 18.9 Å². The van der Waals surface area contributed by atoms with Gasteiger partial charge in [-0.3, -0.25) is 9.69 Å². The number of carbonyl (C=O) groups is 1. The van der Waals surface area contributed by atoms with E-state index in [2.05, 4.69) is 21.5 Å². The van der Waals surface area contributed by atoms with E-state index in [-0.39, 0.29) is 12.1 Å². The molecule has 0 aromatic rings. The predicted octanol–water partition coefficient (Wildman–Crippen LogP) is 0.256. The zero-order valence-corrected chi connectivity index (χ0v) is 8.44. The molecular weight excluding hydrogens is 184 g/mol. The molecule has 0 aliphatic carbocycles. The molecular formula is C9H16N2O3. The molecule has 0 spiro atoms. The van der Waals surface area contributed by atoms with Crippen molar-refractivity contribution in [3.8, 4) is 0 Å². The second kappa shape index (κ2) is 5.59. The number of piperidine rings is 1. The topological polar surface area (TPSA) is 51.1 Å². The molecule has 1 aliphatic heterocycles. The normalized spacial score (nSPS) is 18.9. The first-order valence-electron chi connectivity index (χ1n) is 4.67. The van der Waals surface area contributed by atoms with Crippen LogP contribution >= 0.6 is 0 Å². The van der Waals surface area contributed by atoms with Crippen LogP contribution in [0.3, 0.4) is 0 Å². The number of methoxy groups -OCH3 is 1. The van der Waals surface area contributed by atoms with Gasteiger partial charge in [0.15, 0.2) is 0 Å². The highest BCUT2D eigenvalue weighted by Gasteiger charge is 2.21. The number of hydrogen-bond acceptors (Lipinski definition) is 5. The van der Waals surface area contributed by atoms with E-state index in [1.807, 2.05) is 0 Å². The van der Waals surface area contributed by atoms with Crippen LogP contribution in [0.2, 0.25) is 0 Å². The van der Waals surface area contributed by atoms with Crippen molar-refractivity contribution in [3.63, 3.8) is 0 Å². The van der Waals surface area contributed by atoms with Crippen LogP contribution < -0.4 is 0 Å². The van der Waals surface area contributed by atoms with Crippen LogP contribution in [0.4, 0.5) is 0 Å². The average molecular weight is 200 g/mol. The molecule has 14 heavy (non-hydrogen) atoms. The summed E-state index contributed by atoms with van der Waals surface area (Å²) >= 11 is 0. The van der Waals surface area contributed by atoms with Crippen molar-refractivity contribution < 1.29 is 14.4 Å². The van der Waals surface area contributed by atoms with Crippen LogP contribution in [-0.2, 0) is 14.4 Å². The highest BCUT2D eigenvalue weighted by atomic mass is 16.6. The zero-order chi connectivity index (χ0) is 10.4. The summed E-state index contributed by atoms with van der Waals surface area (Å²) in [6, 6.07) is 0. The Morgan fingerprint density at radius 3 is 2.71 bits per heavy atom. The van der Waals surface area contributed by atoms with E-state index in [9.17, 15) is 4.79 Å². The lowest BCUT2D eigenvalue weighted by Crippen LogP contribution is -2.39. The Morgan fingerprint density at radius 1 is 1.57 bits per heavy atom. The molecule has 0 bridgehead atoms. The van der Waals surface area contributed by atoms with Gasteiger partial charge in [-0.1, -0.05) is 0 Å². The molecule has 0 N–H and O–H groups in total. The quantitative estimate of drug-likeness (QED) is 0.371. The molecule has 1 saturated heterocycles. The molecule has 80 valence electrons. The number of hydrogen-bond donors (Lipinski definition) is 0. The predicted molar refractivity (Wildman–Crippen MR) is 52.1 cm³/mol. The molecule has 1 aliphatic rings. The van der Waals surface area contributed by atoms with Gasteiger partial charge in [0.1, 0.15) is 6.10 Å². The summed E-state index contributed by atoms with van der Waals surface area (Å²) in [7, 11) is 1.40. The number of oxime groups is 1. The smallest absolute Gasteiger partial charge is 0.319 e. The van der Waals surface area contributed by atoms with Crippen LogP contribution in [0.5, 0.6) is 0 Å². The molecule has 0 radical (unpaired) electrons. The van der Waals surface area contributed by atoms with E-state index in [0.717, 1.165) is 25.9 Å². The first-order chi connectivity index (χ1) is 6.76. The van der Waals surface area contributed by atoms with E-state index >= 15 is 0 Å². The summed E-state index contributed by atoms with van der Waals surface area (Å²) in [5.41, 5.74) is 0. The monoisotopic (exact) mass is 200 g/mol. The minimum absolute atomic E-state index is 0.154. The van der Waals surface area contributed by atoms with Gasteiger partial charge in [-0.05, 0) is 12.8 Å². The molecule has 0 aromatic heterocycles. The third kappa shape index (κ3) is 3.33. The summed E-state index contributed by atoms with van der Waals surface area (Å²) in [5.74, 6) is -0.189. The van der Waals surface area contributed by atoms with Crippen LogP contribution in [0.1, 0.15) is 12.8 Å². The van der Waals surface area contributed by atoms with Crippen molar-refractivity contribution in [3.05, 3.63) is 0 Å². The van der Waals surface area contributed by atoms with Crippen molar-refractivity contribution in [1.29, 1.82) is 0 Å². The molecule has 5 heteroatoms. The van der Waals surface area contributed by atoms with E-state index in [4.69, 9.17) is 4.84 Å². The molecule has 5 nitrogen and oxygen atoms in total. The van der Waals surface area contributed by atoms with Crippen molar-refractivity contribution in [2.75, 3.05) is 26.7 Å². The molecule has 0 amide bonds. The fraction of sp³-hybridized carbons (Fsp3) is 0.778. The second-order valence-corrected chi connectivity index (χ2v) is 3.29. The van der Waals surface area contributed by atoms with E-state index in [1.54, 1.807) is 0 Å². The number of nitrogens with zero attached hydrogens (tertiary/aromatic N) is 2. The number of rotatable bonds is 4. The SMILES string of the molecule is C=NOC1CCN(CC(=O)OC)CC1. The van der Waals surface area contributed by atoms with Gasteiger partial charge in [-0.2, -0.15) is 0 Å². The third-order valence-corrected chi connectivity index (χ3v) is 2.34. The second-order valence-electron chi connectivity index (χ2n) is 3.29. The summed E-state index contributed by atoms with van der Waals surface area (Å²) in [6.07, 6.45) is 1.92. The zero-order valence-electron chi connectivity index (χ0n) is 8.44. The lowest BCUT2D eigenvalue weighted by atomic mass is 10.1. The minimum atomic E-state index is -0.189. The highest BCUT2D eigenvalue weighted by Crippen LogP contribution is 2.13. The largest absolute Gasteiger partial charge is 0.468 e. The number of esters is 1. The van der Waals surface area contributed by atoms with E-state index in [0.29, 0.717) is 6.54 Å². The Hall–Kier alpha value is -1.10. The van der Waals surface area contributed by atoms with Gasteiger partial charge >= 0.3 is 5.97 Å². The molecule has 0 unspecified atom stereocenters. The van der Waals surface area contributed by atoms with Gasteiger partial charge in [-0.25, -0.2) is 0 Å². The lowest BCUT2D eigenvalue weighted by molar-refractivity contribution is -0.142. The summed E-state index contributed by atoms with van der Waals surface area (Å²) in [5, 5.41) is 3.40. The maximum atomic E-state index is 11.0. The van der Waals surface area contributed by atoms with E-state index in [1.165, 1.54) is 7.11 Å². The Morgan fingerprint density at radius 2 is 2.21 bits per heavy atom. The summed E-state index contributed by atoms with van der Waals surface area (Å²) in [6.45, 7) is 5.33. The first kappa shape index (κ1) is 11.0. The molecule has 1 heterocycles. The Labute approximate surface area is 83.7 Å². The first-order valence-corrected chi connectivity index (χ1v) is 4.67. The lowest BCUT2D eigenvalue weighted by Gasteiger charge is -2.29. The van der Waals surface area contributed by atoms with E-state index < -0.39 is 0 Å². The molecule has 1 fully saturated rings. The van der Waals surface area contributed by atoms with Gasteiger partial charge in [0.2, 0.25) is 0 Å². The van der Waals surface area contributed by atoms with Crippen LogP contribution in [0, 0.1) is 0 Å². The van der Waals surface area contributed by atoms with Gasteiger partial charge in [0.05, 0.1) is 13.7 Å². The third-order valence-electron chi connectivity index (χ3n) is 2.34. The highest BCUT2D eigenvalue weighted by molar-refractivity contribution is 5.71. The Kier molecular flexibility index (Phi) is 4.39. The number of ether oxygens (including phenoxy) is 1. The van der Waals surface area contributed by atoms with Gasteiger partial charge in [-0.15, -0.1) is 5.16 Å². The van der Waals surface area contributed by atoms with Crippen LogP contribution in [-0.4, -0.2) is 50.4 Å². The van der Waals surface area contributed by atoms with Crippen molar-refractivity contribution in [1.82, 2.24) is 4.90 Å². The molecule has 0 atom stereocenters. The fourth-order valence-electron chi connectivity index (χ4n) is 1.53. The van der Waals surface area contributed by atoms with Gasteiger partial charge in [0, 0.05) is 19.8 Å². The molecule has 0 saturated carbocycles. The van der Waals surface area contributed by atoms with Gasteiger partial charge in [0.25, 0.3) is 0 Å². The average Bonchev–Trinajstić information content (AvgIpc) is 2.21. The number of likely N-dealkylation sites (tertiary alicyclic amines) is 1. The van der Waals surface area contributed by atoms with Crippen LogP contribution in [0.25, 0.3) is 0 Å². The summed E-state index contributed by atoms with van der Waals surface area (Å²) in [4.78, 5) is 18.0. The Balaban J connectivity index is 2.21. The minimum Gasteiger partial charge on any atom is -0.468 e. The van der Waals surface area contributed by atoms with Crippen molar-refractivity contribution in [2.24, 2.45) is 5.16 Å². The number of carbonyl (C=O) groups excluding carboxylic acids is 1.